The lowest BCUT2D eigenvalue weighted by molar-refractivity contribution is -0.178. The quantitative estimate of drug-likeness (QED) is 0.0901. The van der Waals surface area contributed by atoms with Crippen LogP contribution in [0.15, 0.2) is 43.0 Å². The van der Waals surface area contributed by atoms with Crippen LogP contribution in [0.3, 0.4) is 0 Å². The van der Waals surface area contributed by atoms with Crippen molar-refractivity contribution in [1.82, 2.24) is 5.32 Å². The third kappa shape index (κ3) is 11.2. The molecule has 0 aliphatic heterocycles. The van der Waals surface area contributed by atoms with Crippen molar-refractivity contribution in [2.45, 2.75) is 126 Å². The zero-order valence-corrected chi connectivity index (χ0v) is 35.7. The molecule has 4 saturated carbocycles. The van der Waals surface area contributed by atoms with Gasteiger partial charge in [0.1, 0.15) is 0 Å². The Bertz CT molecular complexity index is 1450. The number of fused-ring (bicyclic) bond motifs is 7. The number of benzene rings is 1. The van der Waals surface area contributed by atoms with Gasteiger partial charge in [0, 0.05) is 6.54 Å². The van der Waals surface area contributed by atoms with Crippen molar-refractivity contribution in [3.05, 3.63) is 54.1 Å². The number of aliphatic carboxylic acids is 1. The molecule has 5 unspecified atom stereocenters. The summed E-state index contributed by atoms with van der Waals surface area (Å²) in [5, 5.41) is 21.9. The Balaban J connectivity index is 0.00000193. The summed E-state index contributed by atoms with van der Waals surface area (Å²) < 4.78 is 0. The number of hydrogen-bond acceptors (Lipinski definition) is 4. The zero-order valence-electron chi connectivity index (χ0n) is 35.7. The van der Waals surface area contributed by atoms with Gasteiger partial charge < -0.3 is 21.3 Å². The number of rotatable bonds is 8. The summed E-state index contributed by atoms with van der Waals surface area (Å²) in [5.41, 5.74) is 8.35. The first-order valence-electron chi connectivity index (χ1n) is 20.4. The second-order valence-corrected chi connectivity index (χ2v) is 16.5. The van der Waals surface area contributed by atoms with Gasteiger partial charge in [-0.15, -0.1) is 45.1 Å². The third-order valence-corrected chi connectivity index (χ3v) is 14.0. The summed E-state index contributed by atoms with van der Waals surface area (Å²) in [5.74, 6) is 2.35. The highest BCUT2D eigenvalue weighted by molar-refractivity contribution is 5.88. The molecule has 0 spiro atoms. The van der Waals surface area contributed by atoms with Crippen LogP contribution in [0.4, 0.5) is 0 Å². The molecule has 7 heteroatoms. The molecule has 1 aromatic carbocycles. The molecular formula is C49H74N2O5. The van der Waals surface area contributed by atoms with E-state index < -0.39 is 11.9 Å². The van der Waals surface area contributed by atoms with Crippen molar-refractivity contribution >= 4 is 23.9 Å². The molecular weight excluding hydrogens is 697 g/mol. The Morgan fingerprint density at radius 2 is 1.41 bits per heavy atom. The van der Waals surface area contributed by atoms with E-state index in [-0.39, 0.29) is 18.2 Å². The van der Waals surface area contributed by atoms with Crippen molar-refractivity contribution in [3.63, 3.8) is 0 Å². The maximum atomic E-state index is 11.4. The average Bonchev–Trinajstić information content (AvgIpc) is 3.63. The summed E-state index contributed by atoms with van der Waals surface area (Å²) in [7, 11) is 0. The van der Waals surface area contributed by atoms with Gasteiger partial charge in [-0.05, 0) is 152 Å². The topological polar surface area (TPSA) is 130 Å². The van der Waals surface area contributed by atoms with Crippen molar-refractivity contribution in [1.29, 1.82) is 0 Å². The maximum absolute atomic E-state index is 11.4. The Hall–Kier alpha value is -4.25. The van der Waals surface area contributed by atoms with Crippen LogP contribution in [0.25, 0.3) is 5.57 Å². The SMILES string of the molecule is C#C.C#C.C#C.C=CC.CC.CC1(C)C(c2ccc(C(=O)O)cc2)=CC[C@@]2(C)C1CC[C@@]1(C)C3CCC4(CCNCCC(=O)O)CCCC4[C@H]3CCC12.NC=O. The molecule has 0 bridgehead atoms. The van der Waals surface area contributed by atoms with Crippen molar-refractivity contribution in [3.8, 4) is 38.5 Å². The second kappa shape index (κ2) is 24.4. The number of carbonyl (C=O) groups excluding carboxylic acids is 1. The van der Waals surface area contributed by atoms with Gasteiger partial charge in [0.05, 0.1) is 12.0 Å². The number of carbonyl (C=O) groups is 3. The first kappa shape index (κ1) is 51.8. The van der Waals surface area contributed by atoms with E-state index in [0.29, 0.717) is 34.3 Å². The summed E-state index contributed by atoms with van der Waals surface area (Å²) in [6.07, 6.45) is 43.4. The monoisotopic (exact) mass is 771 g/mol. The van der Waals surface area contributed by atoms with E-state index in [1.54, 1.807) is 18.2 Å². The van der Waals surface area contributed by atoms with Crippen molar-refractivity contribution in [2.24, 2.45) is 57.0 Å². The first-order valence-corrected chi connectivity index (χ1v) is 20.4. The molecule has 6 rings (SSSR count). The van der Waals surface area contributed by atoms with E-state index >= 15 is 0 Å². The Morgan fingerprint density at radius 1 is 0.839 bits per heavy atom. The summed E-state index contributed by atoms with van der Waals surface area (Å²) >= 11 is 0. The van der Waals surface area contributed by atoms with Gasteiger partial charge in [-0.3, -0.25) is 9.59 Å². The highest BCUT2D eigenvalue weighted by Crippen LogP contribution is 2.73. The van der Waals surface area contributed by atoms with Crippen LogP contribution < -0.4 is 11.1 Å². The smallest absolute Gasteiger partial charge is 0.335 e. The molecule has 56 heavy (non-hydrogen) atoms. The number of hydrogen-bond donors (Lipinski definition) is 4. The van der Waals surface area contributed by atoms with Gasteiger partial charge in [-0.2, -0.15) is 0 Å². The highest BCUT2D eigenvalue weighted by atomic mass is 16.4. The highest BCUT2D eigenvalue weighted by Gasteiger charge is 2.65. The number of primary amides is 1. The van der Waals surface area contributed by atoms with E-state index in [0.717, 1.165) is 36.6 Å². The Labute approximate surface area is 341 Å². The number of carboxylic acid groups (broad SMARTS) is 2. The lowest BCUT2D eigenvalue weighted by atomic mass is 9.36. The predicted octanol–water partition coefficient (Wildman–Crippen LogP) is 10.4. The lowest BCUT2D eigenvalue weighted by Crippen LogP contribution is -2.61. The van der Waals surface area contributed by atoms with Crippen LogP contribution in [-0.4, -0.2) is 41.7 Å². The second-order valence-electron chi connectivity index (χ2n) is 16.5. The standard InChI is InChI=1S/C37H53NO4.C3H6.C2H6.3C2H2.CH3NO/c1-34(2)27(24-7-9-25(10-8-24)33(41)42)13-18-36(4)30(34)15-19-35(3)28-14-20-37(21-23-38-22-16-32(39)40)17-5-6-29(37)26(28)11-12-31(35)36;1-3-2;4*1-2;2-1-3/h7-10,13,26,28-31,38H,5-6,11-12,14-23H2,1-4H3,(H,39,40)(H,41,42);3H,1H2,2H3;1-2H3;3*1-2H;1H,(H2,2,3)/t26-,28?,29?,30?,31?,35-,36-,37?;;;;;;/m0....../s1. The molecule has 0 aromatic heterocycles. The molecule has 4 fully saturated rings. The number of carboxylic acids is 2. The minimum absolute atomic E-state index is 0.0523. The number of nitrogens with two attached hydrogens (primary N) is 1. The van der Waals surface area contributed by atoms with Crippen molar-refractivity contribution < 1.29 is 24.6 Å². The van der Waals surface area contributed by atoms with Gasteiger partial charge in [-0.25, -0.2) is 4.79 Å². The van der Waals surface area contributed by atoms with Crippen LogP contribution >= 0.6 is 0 Å². The molecule has 7 nitrogen and oxygen atoms in total. The average molecular weight is 771 g/mol. The molecule has 5 aliphatic rings. The molecule has 5 aliphatic carbocycles. The van der Waals surface area contributed by atoms with Crippen molar-refractivity contribution in [2.75, 3.05) is 13.1 Å². The third-order valence-electron chi connectivity index (χ3n) is 14.0. The summed E-state index contributed by atoms with van der Waals surface area (Å²) in [4.78, 5) is 31.0. The van der Waals surface area contributed by atoms with Crippen LogP contribution in [0.1, 0.15) is 141 Å². The largest absolute Gasteiger partial charge is 0.481 e. The van der Waals surface area contributed by atoms with Gasteiger partial charge >= 0.3 is 11.9 Å². The number of nitrogens with one attached hydrogen (secondary N) is 1. The molecule has 0 heterocycles. The van der Waals surface area contributed by atoms with E-state index in [4.69, 9.17) is 9.90 Å². The van der Waals surface area contributed by atoms with E-state index in [9.17, 15) is 14.7 Å². The molecule has 0 radical (unpaired) electrons. The van der Waals surface area contributed by atoms with E-state index in [2.05, 4.69) is 89.9 Å². The van der Waals surface area contributed by atoms with Gasteiger partial charge in [-0.1, -0.05) is 72.2 Å². The molecule has 1 aromatic rings. The Kier molecular flexibility index (Phi) is 22.5. The molecule has 310 valence electrons. The predicted molar refractivity (Wildman–Crippen MR) is 234 cm³/mol. The van der Waals surface area contributed by atoms with E-state index in [1.807, 2.05) is 32.9 Å². The fraction of sp³-hybridized carbons (Fsp3) is 0.612. The first-order chi connectivity index (χ1) is 26.8. The van der Waals surface area contributed by atoms with Crippen LogP contribution in [0.5, 0.6) is 0 Å². The number of amides is 1. The molecule has 1 amide bonds. The minimum Gasteiger partial charge on any atom is -0.481 e. The molecule has 0 saturated heterocycles. The number of terminal acetylenes is 3. The maximum Gasteiger partial charge on any atom is 0.335 e. The summed E-state index contributed by atoms with van der Waals surface area (Å²) in [6.45, 7) is 21.0. The number of aromatic carboxylic acids is 1. The van der Waals surface area contributed by atoms with Crippen LogP contribution in [0.2, 0.25) is 0 Å². The Morgan fingerprint density at radius 3 is 1.95 bits per heavy atom. The molecule has 5 N–H and O–H groups in total. The molecule has 8 atom stereocenters. The number of allylic oxidation sites excluding steroid dienone is 3. The normalized spacial score (nSPS) is 30.8. The fourth-order valence-electron chi connectivity index (χ4n) is 12.3. The van der Waals surface area contributed by atoms with Crippen LogP contribution in [0, 0.1) is 89.8 Å². The van der Waals surface area contributed by atoms with E-state index in [1.165, 1.54) is 75.3 Å². The van der Waals surface area contributed by atoms with Gasteiger partial charge in [0.15, 0.2) is 0 Å². The van der Waals surface area contributed by atoms with Crippen LogP contribution in [-0.2, 0) is 9.59 Å². The zero-order chi connectivity index (χ0) is 43.3. The minimum atomic E-state index is -0.863. The lowest BCUT2D eigenvalue weighted by Gasteiger charge is -2.68. The van der Waals surface area contributed by atoms with Gasteiger partial charge in [0.25, 0.3) is 0 Å². The fourth-order valence-corrected chi connectivity index (χ4v) is 12.3. The summed E-state index contributed by atoms with van der Waals surface area (Å²) in [6, 6.07) is 7.57. The van der Waals surface area contributed by atoms with Gasteiger partial charge in [0.2, 0.25) is 6.41 Å².